The van der Waals surface area contributed by atoms with E-state index in [4.69, 9.17) is 6.58 Å². The van der Waals surface area contributed by atoms with Gasteiger partial charge in [-0.3, -0.25) is 0 Å². The Hall–Kier alpha value is -0.520. The van der Waals surface area contributed by atoms with Crippen LogP contribution < -0.4 is 0 Å². The van der Waals surface area contributed by atoms with Crippen LogP contribution in [-0.4, -0.2) is 0 Å². The largest absolute Gasteiger partial charge is 0.0995 e. The molecule has 4 fully saturated rings. The Labute approximate surface area is 193 Å². The molecule has 31 heavy (non-hydrogen) atoms. The normalized spacial score (nSPS) is 52.8. The highest BCUT2D eigenvalue weighted by Crippen LogP contribution is 2.73. The van der Waals surface area contributed by atoms with Crippen molar-refractivity contribution in [3.63, 3.8) is 0 Å². The fourth-order valence-corrected chi connectivity index (χ4v) is 11.0. The highest BCUT2D eigenvalue weighted by molar-refractivity contribution is 5.28. The molecule has 9 atom stereocenters. The van der Waals surface area contributed by atoms with E-state index in [1.165, 1.54) is 51.4 Å². The van der Waals surface area contributed by atoms with E-state index in [0.717, 1.165) is 41.4 Å². The lowest BCUT2D eigenvalue weighted by molar-refractivity contribution is -0.185. The molecule has 0 radical (unpaired) electrons. The molecule has 0 aromatic carbocycles. The number of rotatable bonds is 1. The van der Waals surface area contributed by atoms with E-state index >= 15 is 0 Å². The van der Waals surface area contributed by atoms with Crippen molar-refractivity contribution < 1.29 is 0 Å². The van der Waals surface area contributed by atoms with Gasteiger partial charge < -0.3 is 0 Å². The summed E-state index contributed by atoms with van der Waals surface area (Å²) in [5.74, 6) is 6.03. The van der Waals surface area contributed by atoms with Gasteiger partial charge in [-0.25, -0.2) is 0 Å². The zero-order valence-electron chi connectivity index (χ0n) is 22.0. The van der Waals surface area contributed by atoms with Crippen LogP contribution in [0, 0.1) is 63.1 Å². The van der Waals surface area contributed by atoms with Gasteiger partial charge in [0.25, 0.3) is 0 Å². The fourth-order valence-electron chi connectivity index (χ4n) is 11.0. The van der Waals surface area contributed by atoms with Gasteiger partial charge in [-0.2, -0.15) is 0 Å². The first kappa shape index (κ1) is 22.3. The smallest absolute Gasteiger partial charge is 0.0109 e. The zero-order chi connectivity index (χ0) is 22.6. The molecule has 5 aliphatic rings. The molecule has 0 spiro atoms. The average Bonchev–Trinajstić information content (AvgIpc) is 3.13. The second-order valence-corrected chi connectivity index (χ2v) is 14.8. The Balaban J connectivity index is 1.46. The van der Waals surface area contributed by atoms with E-state index in [9.17, 15) is 0 Å². The van der Waals surface area contributed by atoms with Crippen LogP contribution in [0.4, 0.5) is 0 Å². The minimum Gasteiger partial charge on any atom is -0.0995 e. The lowest BCUT2D eigenvalue weighted by atomic mass is 9.37. The van der Waals surface area contributed by atoms with Gasteiger partial charge in [0.15, 0.2) is 0 Å². The molecule has 0 N–H and O–H groups in total. The van der Waals surface area contributed by atoms with Crippen molar-refractivity contribution in [1.29, 1.82) is 0 Å². The van der Waals surface area contributed by atoms with Crippen LogP contribution in [0.15, 0.2) is 23.8 Å². The lowest BCUT2D eigenvalue weighted by Gasteiger charge is -2.67. The molecular formula is C31H50. The Morgan fingerprint density at radius 3 is 2.19 bits per heavy atom. The molecule has 0 heterocycles. The maximum Gasteiger partial charge on any atom is -0.0109 e. The first-order valence-electron chi connectivity index (χ1n) is 13.7. The Morgan fingerprint density at radius 2 is 1.55 bits per heavy atom. The van der Waals surface area contributed by atoms with Crippen molar-refractivity contribution in [3.05, 3.63) is 23.8 Å². The van der Waals surface area contributed by atoms with E-state index in [0.29, 0.717) is 21.7 Å². The molecule has 0 bridgehead atoms. The maximum absolute atomic E-state index is 4.76. The number of fused-ring (bicyclic) bond motifs is 5. The third-order valence-corrected chi connectivity index (χ3v) is 12.6. The monoisotopic (exact) mass is 422 g/mol. The van der Waals surface area contributed by atoms with Gasteiger partial charge in [-0.1, -0.05) is 72.3 Å². The van der Waals surface area contributed by atoms with Gasteiger partial charge in [-0.05, 0) is 121 Å². The van der Waals surface area contributed by atoms with E-state index in [2.05, 4.69) is 61.5 Å². The summed E-state index contributed by atoms with van der Waals surface area (Å²) in [7, 11) is 0. The summed E-state index contributed by atoms with van der Waals surface area (Å²) >= 11 is 0. The first-order chi connectivity index (χ1) is 14.3. The van der Waals surface area contributed by atoms with Gasteiger partial charge in [0, 0.05) is 0 Å². The molecule has 0 saturated heterocycles. The average molecular weight is 423 g/mol. The highest BCUT2D eigenvalue weighted by atomic mass is 14.7. The SMILES string of the molecule is C=C1CC2C(CCC3C2(C)CCC2C(C)(C)C(C)CCC23C)C1C1CC(C)(C)C=C1C. The van der Waals surface area contributed by atoms with Crippen LogP contribution in [0.2, 0.25) is 0 Å². The minimum absolute atomic E-state index is 0.379. The summed E-state index contributed by atoms with van der Waals surface area (Å²) in [6.45, 7) is 25.3. The quantitative estimate of drug-likeness (QED) is 0.370. The standard InChI is InChI=1S/C31H50/c1-19-16-24-22(27(19)23-18-28(4,5)17-20(23)2)10-11-26-30(24,8)15-13-25-29(6,7)21(3)12-14-31(25,26)9/h17,21-27H,1,10-16,18H2,2-9H3. The molecule has 0 aliphatic heterocycles. The summed E-state index contributed by atoms with van der Waals surface area (Å²) < 4.78 is 0. The van der Waals surface area contributed by atoms with Crippen molar-refractivity contribution in [2.45, 2.75) is 107 Å². The van der Waals surface area contributed by atoms with Crippen molar-refractivity contribution in [2.75, 3.05) is 0 Å². The van der Waals surface area contributed by atoms with Gasteiger partial charge in [-0.15, -0.1) is 0 Å². The topological polar surface area (TPSA) is 0 Å². The fraction of sp³-hybridized carbons (Fsp3) is 0.871. The predicted molar refractivity (Wildman–Crippen MR) is 134 cm³/mol. The molecule has 0 nitrogen and oxygen atoms in total. The highest BCUT2D eigenvalue weighted by Gasteiger charge is 2.65. The van der Waals surface area contributed by atoms with E-state index < -0.39 is 0 Å². The molecule has 0 aromatic rings. The summed E-state index contributed by atoms with van der Waals surface area (Å²) in [5.41, 5.74) is 5.27. The van der Waals surface area contributed by atoms with Crippen LogP contribution in [0.25, 0.3) is 0 Å². The number of hydrogen-bond acceptors (Lipinski definition) is 0. The second-order valence-electron chi connectivity index (χ2n) is 14.8. The van der Waals surface area contributed by atoms with Crippen molar-refractivity contribution in [3.8, 4) is 0 Å². The maximum atomic E-state index is 4.76. The molecule has 174 valence electrons. The summed E-state index contributed by atoms with van der Waals surface area (Å²) in [5, 5.41) is 0. The van der Waals surface area contributed by atoms with Crippen LogP contribution in [0.5, 0.6) is 0 Å². The van der Waals surface area contributed by atoms with Gasteiger partial charge in [0.05, 0.1) is 0 Å². The van der Waals surface area contributed by atoms with Crippen LogP contribution >= 0.6 is 0 Å². The van der Waals surface area contributed by atoms with Crippen molar-refractivity contribution in [1.82, 2.24) is 0 Å². The third kappa shape index (κ3) is 2.98. The summed E-state index contributed by atoms with van der Waals surface area (Å²) in [6, 6.07) is 0. The van der Waals surface area contributed by atoms with Crippen molar-refractivity contribution in [2.24, 2.45) is 63.1 Å². The summed E-state index contributed by atoms with van der Waals surface area (Å²) in [6.07, 6.45) is 14.1. The van der Waals surface area contributed by atoms with Gasteiger partial charge in [0.1, 0.15) is 0 Å². The van der Waals surface area contributed by atoms with Crippen molar-refractivity contribution >= 4 is 0 Å². The molecule has 0 amide bonds. The van der Waals surface area contributed by atoms with Gasteiger partial charge in [0.2, 0.25) is 0 Å². The number of allylic oxidation sites excluding steroid dienone is 3. The Kier molecular flexibility index (Phi) is 4.86. The van der Waals surface area contributed by atoms with Gasteiger partial charge >= 0.3 is 0 Å². The lowest BCUT2D eigenvalue weighted by Crippen LogP contribution is -2.60. The minimum atomic E-state index is 0.379. The first-order valence-corrected chi connectivity index (χ1v) is 13.7. The molecule has 0 aromatic heterocycles. The molecule has 0 heteroatoms. The third-order valence-electron chi connectivity index (χ3n) is 12.6. The van der Waals surface area contributed by atoms with Crippen LogP contribution in [0.3, 0.4) is 0 Å². The van der Waals surface area contributed by atoms with E-state index in [1.54, 1.807) is 11.1 Å². The zero-order valence-corrected chi connectivity index (χ0v) is 22.0. The predicted octanol–water partition coefficient (Wildman–Crippen LogP) is 9.08. The Morgan fingerprint density at radius 1 is 0.871 bits per heavy atom. The molecular weight excluding hydrogens is 372 g/mol. The van der Waals surface area contributed by atoms with Crippen LogP contribution in [0.1, 0.15) is 107 Å². The summed E-state index contributed by atoms with van der Waals surface area (Å²) in [4.78, 5) is 0. The molecule has 5 aliphatic carbocycles. The molecule has 4 saturated carbocycles. The second kappa shape index (κ2) is 6.76. The van der Waals surface area contributed by atoms with E-state index in [1.807, 2.05) is 0 Å². The molecule has 9 unspecified atom stereocenters. The van der Waals surface area contributed by atoms with E-state index in [-0.39, 0.29) is 0 Å². The molecule has 5 rings (SSSR count). The number of hydrogen-bond donors (Lipinski definition) is 0. The van der Waals surface area contributed by atoms with Crippen LogP contribution in [-0.2, 0) is 0 Å². The Bertz CT molecular complexity index is 795.